The van der Waals surface area contributed by atoms with Crippen molar-refractivity contribution in [2.24, 2.45) is 11.5 Å². The van der Waals surface area contributed by atoms with E-state index in [0.29, 0.717) is 52.4 Å². The molecule has 1 aromatic heterocycles. The fourth-order valence-electron chi connectivity index (χ4n) is 3.95. The number of benzene rings is 2. The lowest BCUT2D eigenvalue weighted by atomic mass is 10.1. The Bertz CT molecular complexity index is 1280. The number of piperazine rings is 1. The molecule has 0 saturated carbocycles. The zero-order valence-corrected chi connectivity index (χ0v) is 20.0. The predicted octanol–water partition coefficient (Wildman–Crippen LogP) is 3.24. The molecule has 0 spiro atoms. The third-order valence-electron chi connectivity index (χ3n) is 5.84. The molecule has 2 heterocycles. The molecule has 10 heteroatoms. The summed E-state index contributed by atoms with van der Waals surface area (Å²) in [7, 11) is 0. The fraction of sp³-hybridized carbons (Fsp3) is 0.280. The Balaban J connectivity index is 1.55. The third-order valence-corrected chi connectivity index (χ3v) is 6.15. The van der Waals surface area contributed by atoms with E-state index >= 15 is 0 Å². The van der Waals surface area contributed by atoms with Crippen molar-refractivity contribution in [3.8, 4) is 11.3 Å². The largest absolute Gasteiger partial charge is 0.449 e. The molecular weight excluding hydrogens is 470 g/mol. The molecule has 1 aliphatic heterocycles. The van der Waals surface area contributed by atoms with E-state index in [4.69, 9.17) is 27.8 Å². The number of fused-ring (bicyclic) bond motifs is 1. The molecule has 4 N–H and O–H groups in total. The van der Waals surface area contributed by atoms with Crippen molar-refractivity contribution in [2.45, 2.75) is 19.5 Å². The number of hydrogen-bond acceptors (Lipinski definition) is 6. The van der Waals surface area contributed by atoms with Crippen LogP contribution in [0.4, 0.5) is 4.79 Å². The van der Waals surface area contributed by atoms with Crippen LogP contribution in [-0.4, -0.2) is 65.1 Å². The molecule has 1 atom stereocenters. The summed E-state index contributed by atoms with van der Waals surface area (Å²) in [5.74, 6) is -0.722. The molecule has 1 aliphatic rings. The predicted molar refractivity (Wildman–Crippen MR) is 133 cm³/mol. The number of hydrogen-bond donors (Lipinski definition) is 2. The Labute approximate surface area is 207 Å². The SMILES string of the molecule is CCCOC(=O)N1CCN(C(=O)c2ccc3c(Cl)cc(-c4ccc(C(N)=O)cc4)nc3c2)C[C@@H]1N. The second kappa shape index (κ2) is 10.3. The lowest BCUT2D eigenvalue weighted by Gasteiger charge is -2.38. The van der Waals surface area contributed by atoms with Gasteiger partial charge in [0.25, 0.3) is 5.91 Å². The van der Waals surface area contributed by atoms with Gasteiger partial charge in [0.05, 0.1) is 29.4 Å². The second-order valence-corrected chi connectivity index (χ2v) is 8.70. The van der Waals surface area contributed by atoms with E-state index in [1.54, 1.807) is 53.4 Å². The first kappa shape index (κ1) is 24.4. The number of halogens is 1. The van der Waals surface area contributed by atoms with Gasteiger partial charge in [0, 0.05) is 35.2 Å². The normalized spacial score (nSPS) is 15.8. The minimum atomic E-state index is -0.653. The maximum Gasteiger partial charge on any atom is 0.411 e. The summed E-state index contributed by atoms with van der Waals surface area (Å²) in [5.41, 5.74) is 14.2. The molecule has 35 heavy (non-hydrogen) atoms. The van der Waals surface area contributed by atoms with Gasteiger partial charge in [-0.2, -0.15) is 0 Å². The Morgan fingerprint density at radius 2 is 1.80 bits per heavy atom. The average Bonchev–Trinajstić information content (AvgIpc) is 2.86. The highest BCUT2D eigenvalue weighted by Gasteiger charge is 2.31. The summed E-state index contributed by atoms with van der Waals surface area (Å²) in [6.07, 6.45) is -0.396. The Morgan fingerprint density at radius 3 is 2.46 bits per heavy atom. The summed E-state index contributed by atoms with van der Waals surface area (Å²) >= 11 is 6.50. The highest BCUT2D eigenvalue weighted by Crippen LogP contribution is 2.29. The average molecular weight is 496 g/mol. The standard InChI is InChI=1S/C25H26ClN5O4/c1-2-11-35-25(34)31-10-9-30(14-22(31)27)24(33)17-7-8-18-19(26)13-20(29-21(18)12-17)15-3-5-16(6-4-15)23(28)32/h3-8,12-13,22H,2,9-11,14,27H2,1H3,(H2,28,32)/t22-/m1/s1. The number of nitrogens with zero attached hydrogens (tertiary/aromatic N) is 3. The molecule has 3 aromatic rings. The topological polar surface area (TPSA) is 132 Å². The molecule has 1 fully saturated rings. The molecule has 0 aliphatic carbocycles. The first-order valence-corrected chi connectivity index (χ1v) is 11.6. The van der Waals surface area contributed by atoms with Crippen molar-refractivity contribution >= 4 is 40.4 Å². The number of carbonyl (C=O) groups excluding carboxylic acids is 3. The Kier molecular flexibility index (Phi) is 7.18. The van der Waals surface area contributed by atoms with Crippen molar-refractivity contribution in [3.63, 3.8) is 0 Å². The van der Waals surface area contributed by atoms with Gasteiger partial charge in [-0.3, -0.25) is 14.5 Å². The third kappa shape index (κ3) is 5.21. The van der Waals surface area contributed by atoms with Crippen LogP contribution in [0, 0.1) is 0 Å². The van der Waals surface area contributed by atoms with Crippen LogP contribution in [0.1, 0.15) is 34.1 Å². The molecule has 9 nitrogen and oxygen atoms in total. The van der Waals surface area contributed by atoms with Crippen LogP contribution in [0.2, 0.25) is 5.02 Å². The van der Waals surface area contributed by atoms with Gasteiger partial charge in [0.15, 0.2) is 0 Å². The van der Waals surface area contributed by atoms with Gasteiger partial charge >= 0.3 is 6.09 Å². The van der Waals surface area contributed by atoms with E-state index in [1.807, 2.05) is 6.92 Å². The van der Waals surface area contributed by atoms with Gasteiger partial charge in [0.1, 0.15) is 6.17 Å². The monoisotopic (exact) mass is 495 g/mol. The molecule has 4 rings (SSSR count). The van der Waals surface area contributed by atoms with Gasteiger partial charge in [-0.25, -0.2) is 9.78 Å². The molecule has 0 unspecified atom stereocenters. The van der Waals surface area contributed by atoms with Gasteiger partial charge in [-0.1, -0.05) is 36.7 Å². The van der Waals surface area contributed by atoms with Crippen LogP contribution in [0.25, 0.3) is 22.2 Å². The molecule has 3 amide bonds. The van der Waals surface area contributed by atoms with Crippen LogP contribution < -0.4 is 11.5 Å². The molecule has 2 aromatic carbocycles. The maximum atomic E-state index is 13.2. The van der Waals surface area contributed by atoms with Crippen LogP contribution in [0.15, 0.2) is 48.5 Å². The van der Waals surface area contributed by atoms with E-state index in [0.717, 1.165) is 12.0 Å². The number of primary amides is 1. The number of rotatable bonds is 5. The number of pyridine rings is 1. The number of ether oxygens (including phenoxy) is 1. The van der Waals surface area contributed by atoms with Gasteiger partial charge < -0.3 is 21.1 Å². The van der Waals surface area contributed by atoms with Gasteiger partial charge in [-0.05, 0) is 36.8 Å². The van der Waals surface area contributed by atoms with Crippen LogP contribution >= 0.6 is 11.6 Å². The zero-order valence-electron chi connectivity index (χ0n) is 19.2. The van der Waals surface area contributed by atoms with Crippen molar-refractivity contribution in [2.75, 3.05) is 26.2 Å². The van der Waals surface area contributed by atoms with Crippen molar-refractivity contribution < 1.29 is 19.1 Å². The van der Waals surface area contributed by atoms with Crippen molar-refractivity contribution in [1.82, 2.24) is 14.8 Å². The summed E-state index contributed by atoms with van der Waals surface area (Å²) < 4.78 is 5.17. The number of carbonyl (C=O) groups is 3. The maximum absolute atomic E-state index is 13.2. The zero-order chi connectivity index (χ0) is 25.1. The van der Waals surface area contributed by atoms with Crippen LogP contribution in [0.3, 0.4) is 0 Å². The Morgan fingerprint density at radius 1 is 1.09 bits per heavy atom. The number of aromatic nitrogens is 1. The lowest BCUT2D eigenvalue weighted by molar-refractivity contribution is 0.0390. The van der Waals surface area contributed by atoms with Crippen LogP contribution in [-0.2, 0) is 4.74 Å². The molecule has 182 valence electrons. The second-order valence-electron chi connectivity index (χ2n) is 8.29. The highest BCUT2D eigenvalue weighted by atomic mass is 35.5. The van der Waals surface area contributed by atoms with Gasteiger partial charge in [-0.15, -0.1) is 0 Å². The molecule has 0 bridgehead atoms. The minimum absolute atomic E-state index is 0.193. The first-order chi connectivity index (χ1) is 16.8. The van der Waals surface area contributed by atoms with E-state index in [9.17, 15) is 14.4 Å². The van der Waals surface area contributed by atoms with E-state index in [1.165, 1.54) is 4.90 Å². The van der Waals surface area contributed by atoms with E-state index < -0.39 is 18.2 Å². The van der Waals surface area contributed by atoms with Crippen LogP contribution in [0.5, 0.6) is 0 Å². The lowest BCUT2D eigenvalue weighted by Crippen LogP contribution is -2.60. The summed E-state index contributed by atoms with van der Waals surface area (Å²) in [5, 5.41) is 1.20. The highest BCUT2D eigenvalue weighted by molar-refractivity contribution is 6.35. The molecular formula is C25H26ClN5O4. The van der Waals surface area contributed by atoms with E-state index in [2.05, 4.69) is 4.98 Å². The Hall–Kier alpha value is -3.69. The summed E-state index contributed by atoms with van der Waals surface area (Å²) in [4.78, 5) is 44.5. The summed E-state index contributed by atoms with van der Waals surface area (Å²) in [6.45, 7) is 3.07. The molecule has 0 radical (unpaired) electrons. The van der Waals surface area contributed by atoms with E-state index in [-0.39, 0.29) is 12.5 Å². The molecule has 1 saturated heterocycles. The summed E-state index contributed by atoms with van der Waals surface area (Å²) in [6, 6.07) is 13.6. The van der Waals surface area contributed by atoms with Crippen molar-refractivity contribution in [3.05, 3.63) is 64.7 Å². The number of amides is 3. The number of nitrogens with two attached hydrogens (primary N) is 2. The first-order valence-electron chi connectivity index (χ1n) is 11.3. The smallest absolute Gasteiger partial charge is 0.411 e. The van der Waals surface area contributed by atoms with Crippen molar-refractivity contribution in [1.29, 1.82) is 0 Å². The minimum Gasteiger partial charge on any atom is -0.449 e. The quantitative estimate of drug-likeness (QED) is 0.558. The van der Waals surface area contributed by atoms with Gasteiger partial charge in [0.2, 0.25) is 5.91 Å². The fourth-order valence-corrected chi connectivity index (χ4v) is 4.21.